The van der Waals surface area contributed by atoms with E-state index in [0.29, 0.717) is 25.1 Å². The molecule has 11 nitrogen and oxygen atoms in total. The molecule has 6 N–H and O–H groups in total. The number of H-pyrrole nitrogens is 1. The Labute approximate surface area is 174 Å². The molecule has 3 amide bonds. The Hall–Kier alpha value is -2.95. The van der Waals surface area contributed by atoms with E-state index in [4.69, 9.17) is 5.73 Å². The molecule has 0 spiro atoms. The first-order chi connectivity index (χ1) is 14.2. The van der Waals surface area contributed by atoms with Crippen LogP contribution < -0.4 is 16.4 Å². The molecule has 2 rings (SSSR count). The largest absolute Gasteiger partial charge is 0.480 e. The van der Waals surface area contributed by atoms with Gasteiger partial charge in [0.05, 0.1) is 18.9 Å². The van der Waals surface area contributed by atoms with Gasteiger partial charge in [-0.05, 0) is 18.8 Å². The summed E-state index contributed by atoms with van der Waals surface area (Å²) in [5.74, 6) is -2.56. The number of nitrogens with two attached hydrogens (primary N) is 1. The Morgan fingerprint density at radius 1 is 1.40 bits per heavy atom. The van der Waals surface area contributed by atoms with Crippen molar-refractivity contribution < 1.29 is 24.3 Å². The van der Waals surface area contributed by atoms with Gasteiger partial charge in [-0.2, -0.15) is 0 Å². The number of carbonyl (C=O) groups excluding carboxylic acids is 3. The zero-order valence-electron chi connectivity index (χ0n) is 17.3. The molecule has 0 saturated carbocycles. The Morgan fingerprint density at radius 3 is 2.73 bits per heavy atom. The predicted molar refractivity (Wildman–Crippen MR) is 107 cm³/mol. The number of nitrogens with one attached hydrogen (secondary N) is 3. The summed E-state index contributed by atoms with van der Waals surface area (Å²) in [4.78, 5) is 56.8. The summed E-state index contributed by atoms with van der Waals surface area (Å²) in [7, 11) is 0. The van der Waals surface area contributed by atoms with Crippen LogP contribution in [0.2, 0.25) is 0 Å². The van der Waals surface area contributed by atoms with Crippen molar-refractivity contribution >= 4 is 23.7 Å². The quantitative estimate of drug-likeness (QED) is 0.322. The smallest absolute Gasteiger partial charge is 0.326 e. The molecule has 0 radical (unpaired) electrons. The number of aromatic nitrogens is 2. The summed E-state index contributed by atoms with van der Waals surface area (Å²) in [6.07, 6.45) is 4.84. The van der Waals surface area contributed by atoms with E-state index in [1.165, 1.54) is 17.4 Å². The lowest BCUT2D eigenvalue weighted by Crippen LogP contribution is -2.54. The van der Waals surface area contributed by atoms with Crippen LogP contribution in [0, 0.1) is 5.92 Å². The molecule has 2 heterocycles. The molecule has 4 atom stereocenters. The van der Waals surface area contributed by atoms with E-state index in [0.717, 1.165) is 6.42 Å². The fraction of sp³-hybridized carbons (Fsp3) is 0.632. The van der Waals surface area contributed by atoms with Gasteiger partial charge >= 0.3 is 5.97 Å². The van der Waals surface area contributed by atoms with Crippen molar-refractivity contribution in [2.45, 2.75) is 57.7 Å². The van der Waals surface area contributed by atoms with Gasteiger partial charge in [-0.15, -0.1) is 0 Å². The monoisotopic (exact) mass is 422 g/mol. The average Bonchev–Trinajstić information content (AvgIpc) is 3.41. The van der Waals surface area contributed by atoms with Gasteiger partial charge in [0.25, 0.3) is 0 Å². The number of aliphatic carboxylic acids is 1. The van der Waals surface area contributed by atoms with E-state index in [9.17, 15) is 24.3 Å². The van der Waals surface area contributed by atoms with E-state index in [1.807, 2.05) is 13.8 Å². The molecule has 166 valence electrons. The number of carbonyl (C=O) groups is 4. The van der Waals surface area contributed by atoms with Gasteiger partial charge in [0.1, 0.15) is 12.1 Å². The second-order valence-corrected chi connectivity index (χ2v) is 7.56. The number of aromatic amines is 1. The first kappa shape index (κ1) is 23.3. The van der Waals surface area contributed by atoms with Crippen LogP contribution in [0.15, 0.2) is 12.5 Å². The van der Waals surface area contributed by atoms with Crippen molar-refractivity contribution in [1.29, 1.82) is 0 Å². The van der Waals surface area contributed by atoms with Crippen molar-refractivity contribution in [3.05, 3.63) is 18.2 Å². The van der Waals surface area contributed by atoms with Crippen LogP contribution in [0.1, 0.15) is 38.8 Å². The minimum Gasteiger partial charge on any atom is -0.480 e. The van der Waals surface area contributed by atoms with E-state index in [-0.39, 0.29) is 24.8 Å². The molecule has 4 unspecified atom stereocenters. The highest BCUT2D eigenvalue weighted by atomic mass is 16.4. The topological polar surface area (TPSA) is 171 Å². The number of rotatable bonds is 10. The highest BCUT2D eigenvalue weighted by Gasteiger charge is 2.37. The van der Waals surface area contributed by atoms with Gasteiger partial charge in [-0.25, -0.2) is 9.78 Å². The van der Waals surface area contributed by atoms with Crippen molar-refractivity contribution in [2.75, 3.05) is 13.1 Å². The number of hydrogen-bond acceptors (Lipinski definition) is 6. The molecule has 11 heteroatoms. The number of amides is 3. The summed E-state index contributed by atoms with van der Waals surface area (Å²) < 4.78 is 0. The summed E-state index contributed by atoms with van der Waals surface area (Å²) in [6.45, 7) is 3.89. The van der Waals surface area contributed by atoms with Gasteiger partial charge in [-0.1, -0.05) is 20.3 Å². The molecular weight excluding hydrogens is 392 g/mol. The van der Waals surface area contributed by atoms with Crippen molar-refractivity contribution in [3.63, 3.8) is 0 Å². The van der Waals surface area contributed by atoms with E-state index >= 15 is 0 Å². The van der Waals surface area contributed by atoms with E-state index < -0.39 is 35.9 Å². The Balaban J connectivity index is 1.88. The molecule has 1 saturated heterocycles. The Bertz CT molecular complexity index is 753. The maximum absolute atomic E-state index is 12.6. The van der Waals surface area contributed by atoms with Gasteiger partial charge in [0.2, 0.25) is 17.7 Å². The number of nitrogens with zero attached hydrogens (tertiary/aromatic N) is 2. The van der Waals surface area contributed by atoms with Crippen molar-refractivity contribution in [3.8, 4) is 0 Å². The second-order valence-electron chi connectivity index (χ2n) is 7.56. The normalized spacial score (nSPS) is 19.0. The van der Waals surface area contributed by atoms with Crippen LogP contribution in [0.5, 0.6) is 0 Å². The van der Waals surface area contributed by atoms with Crippen LogP contribution in [0.3, 0.4) is 0 Å². The van der Waals surface area contributed by atoms with Gasteiger partial charge in [0.15, 0.2) is 0 Å². The fourth-order valence-corrected chi connectivity index (χ4v) is 3.34. The first-order valence-corrected chi connectivity index (χ1v) is 10.1. The summed E-state index contributed by atoms with van der Waals surface area (Å²) >= 11 is 0. The third kappa shape index (κ3) is 6.02. The number of hydrogen-bond donors (Lipinski definition) is 5. The Morgan fingerprint density at radius 2 is 2.13 bits per heavy atom. The summed E-state index contributed by atoms with van der Waals surface area (Å²) in [6, 6.07) is -2.51. The lowest BCUT2D eigenvalue weighted by molar-refractivity contribution is -0.142. The standard InChI is InChI=1S/C19H30N6O5/c1-3-11(2)16(20)18(28)25-6-4-5-14(25)17(27)22-9-15(26)24-13(19(29)30)7-12-8-21-10-23-12/h8,10-11,13-14,16H,3-7,9,20H2,1-2H3,(H,21,23)(H,22,27)(H,24,26)(H,29,30). The number of imidazole rings is 1. The highest BCUT2D eigenvalue weighted by Crippen LogP contribution is 2.20. The predicted octanol–water partition coefficient (Wildman–Crippen LogP) is -0.998. The molecule has 1 aromatic heterocycles. The third-order valence-electron chi connectivity index (χ3n) is 5.42. The van der Waals surface area contributed by atoms with Crippen molar-refractivity contribution in [1.82, 2.24) is 25.5 Å². The number of likely N-dealkylation sites (tertiary alicyclic amines) is 1. The minimum absolute atomic E-state index is 0.00425. The van der Waals surface area contributed by atoms with Gasteiger partial charge < -0.3 is 31.4 Å². The number of carboxylic acids is 1. The minimum atomic E-state index is -1.20. The van der Waals surface area contributed by atoms with E-state index in [2.05, 4.69) is 20.6 Å². The zero-order valence-corrected chi connectivity index (χ0v) is 17.3. The van der Waals surface area contributed by atoms with E-state index in [1.54, 1.807) is 0 Å². The van der Waals surface area contributed by atoms with Crippen LogP contribution >= 0.6 is 0 Å². The molecule has 0 aromatic carbocycles. The Kier molecular flexibility index (Phi) is 8.34. The lowest BCUT2D eigenvalue weighted by Gasteiger charge is -2.28. The van der Waals surface area contributed by atoms with Crippen LogP contribution in [0.4, 0.5) is 0 Å². The molecule has 1 aromatic rings. The van der Waals surface area contributed by atoms with Gasteiger partial charge in [0, 0.05) is 24.9 Å². The summed E-state index contributed by atoms with van der Waals surface area (Å²) in [5, 5.41) is 14.2. The highest BCUT2D eigenvalue weighted by molar-refractivity contribution is 5.93. The molecule has 1 aliphatic rings. The molecule has 0 aliphatic carbocycles. The lowest BCUT2D eigenvalue weighted by atomic mass is 9.98. The SMILES string of the molecule is CCC(C)C(N)C(=O)N1CCCC1C(=O)NCC(=O)NC(Cc1cnc[nH]1)C(=O)O. The van der Waals surface area contributed by atoms with Crippen LogP contribution in [0.25, 0.3) is 0 Å². The molecular formula is C19H30N6O5. The van der Waals surface area contributed by atoms with Gasteiger partial charge in [-0.3, -0.25) is 14.4 Å². The molecule has 1 fully saturated rings. The zero-order chi connectivity index (χ0) is 22.3. The van der Waals surface area contributed by atoms with Crippen molar-refractivity contribution in [2.24, 2.45) is 11.7 Å². The second kappa shape index (κ2) is 10.7. The third-order valence-corrected chi connectivity index (χ3v) is 5.42. The average molecular weight is 422 g/mol. The fourth-order valence-electron chi connectivity index (χ4n) is 3.34. The maximum Gasteiger partial charge on any atom is 0.326 e. The molecule has 30 heavy (non-hydrogen) atoms. The first-order valence-electron chi connectivity index (χ1n) is 10.1. The van der Waals surface area contributed by atoms with Crippen LogP contribution in [-0.4, -0.2) is 74.9 Å². The number of carboxylic acid groups (broad SMARTS) is 1. The van der Waals surface area contributed by atoms with Crippen LogP contribution in [-0.2, 0) is 25.6 Å². The maximum atomic E-state index is 12.6. The molecule has 0 bridgehead atoms. The molecule has 1 aliphatic heterocycles. The summed E-state index contributed by atoms with van der Waals surface area (Å²) in [5.41, 5.74) is 6.58.